The van der Waals surface area contributed by atoms with Crippen LogP contribution < -0.4 is 0 Å². The Kier molecular flexibility index (Phi) is 4.76. The van der Waals surface area contributed by atoms with Crippen molar-refractivity contribution in [3.63, 3.8) is 0 Å². The molecule has 4 unspecified atom stereocenters. The Balaban J connectivity index is 0.907. The molecule has 2 bridgehead atoms. The van der Waals surface area contributed by atoms with Gasteiger partial charge in [0.2, 0.25) is 0 Å². The third-order valence-corrected chi connectivity index (χ3v) is 10.8. The maximum atomic E-state index is 13.9. The van der Waals surface area contributed by atoms with Crippen LogP contribution in [-0.4, -0.2) is 60.9 Å². The van der Waals surface area contributed by atoms with Crippen molar-refractivity contribution in [1.82, 2.24) is 14.5 Å². The SMILES string of the molecule is Oc1c2c(c(O)n1C[C@H]1C[C@@H]1CN1CCC(c3c[nH]c4ccccc34)CC1)C1CC2CC1(O)C1CC1(F)F. The largest absolute Gasteiger partial charge is 0.494 e. The number of aromatic nitrogens is 2. The Labute approximate surface area is 220 Å². The molecule has 8 heteroatoms. The highest BCUT2D eigenvalue weighted by molar-refractivity contribution is 5.83. The average molecular weight is 524 g/mol. The minimum atomic E-state index is -2.81. The Morgan fingerprint density at radius 1 is 0.921 bits per heavy atom. The van der Waals surface area contributed by atoms with Crippen LogP contribution in [0.1, 0.15) is 73.0 Å². The van der Waals surface area contributed by atoms with E-state index in [-0.39, 0.29) is 30.5 Å². The van der Waals surface area contributed by atoms with Crippen LogP contribution in [0.25, 0.3) is 10.9 Å². The number of aliphatic hydroxyl groups is 1. The summed E-state index contributed by atoms with van der Waals surface area (Å²) in [6, 6.07) is 8.51. The number of fused-ring (bicyclic) bond motifs is 6. The molecule has 8 rings (SSSR count). The van der Waals surface area contributed by atoms with Crippen molar-refractivity contribution in [2.45, 2.75) is 74.3 Å². The first-order valence-electron chi connectivity index (χ1n) is 14.3. The lowest BCUT2D eigenvalue weighted by molar-refractivity contribution is -0.0399. The van der Waals surface area contributed by atoms with Gasteiger partial charge in [-0.05, 0) is 80.5 Å². The Morgan fingerprint density at radius 3 is 2.39 bits per heavy atom. The second-order valence-electron chi connectivity index (χ2n) is 12.9. The zero-order chi connectivity index (χ0) is 26.0. The number of hydrogen-bond donors (Lipinski definition) is 4. The van der Waals surface area contributed by atoms with Gasteiger partial charge in [-0.1, -0.05) is 18.2 Å². The predicted molar refractivity (Wildman–Crippen MR) is 139 cm³/mol. The summed E-state index contributed by atoms with van der Waals surface area (Å²) >= 11 is 0. The van der Waals surface area contributed by atoms with Crippen LogP contribution in [0.5, 0.6) is 11.8 Å². The number of likely N-dealkylation sites (tertiary alicyclic amines) is 1. The molecule has 6 atom stereocenters. The van der Waals surface area contributed by atoms with Crippen molar-refractivity contribution >= 4 is 10.9 Å². The maximum Gasteiger partial charge on any atom is 0.254 e. The number of alkyl halides is 2. The zero-order valence-corrected chi connectivity index (χ0v) is 21.4. The van der Waals surface area contributed by atoms with Gasteiger partial charge in [-0.3, -0.25) is 4.57 Å². The number of H-pyrrole nitrogens is 1. The lowest BCUT2D eigenvalue weighted by Gasteiger charge is -2.32. The van der Waals surface area contributed by atoms with Gasteiger partial charge < -0.3 is 25.2 Å². The molecule has 0 radical (unpaired) electrons. The van der Waals surface area contributed by atoms with E-state index in [9.17, 15) is 24.1 Å². The first kappa shape index (κ1) is 23.3. The molecular weight excluding hydrogens is 488 g/mol. The van der Waals surface area contributed by atoms with Crippen molar-refractivity contribution in [2.75, 3.05) is 19.6 Å². The molecular formula is C30H35F2N3O3. The summed E-state index contributed by atoms with van der Waals surface area (Å²) in [4.78, 5) is 5.97. The minimum Gasteiger partial charge on any atom is -0.494 e. The van der Waals surface area contributed by atoms with Crippen LogP contribution in [0.15, 0.2) is 30.5 Å². The summed E-state index contributed by atoms with van der Waals surface area (Å²) < 4.78 is 29.3. The lowest BCUT2D eigenvalue weighted by atomic mass is 9.78. The Hall–Kier alpha value is -2.58. The van der Waals surface area contributed by atoms with Gasteiger partial charge in [0.1, 0.15) is 0 Å². The fourth-order valence-electron chi connectivity index (χ4n) is 8.57. The summed E-state index contributed by atoms with van der Waals surface area (Å²) in [5.74, 6) is -2.95. The smallest absolute Gasteiger partial charge is 0.254 e. The van der Waals surface area contributed by atoms with Gasteiger partial charge >= 0.3 is 0 Å². The summed E-state index contributed by atoms with van der Waals surface area (Å²) in [7, 11) is 0. The van der Waals surface area contributed by atoms with E-state index < -0.39 is 23.4 Å². The van der Waals surface area contributed by atoms with Crippen LogP contribution in [0.4, 0.5) is 8.78 Å². The molecule has 0 amide bonds. The molecule has 1 aromatic carbocycles. The summed E-state index contributed by atoms with van der Waals surface area (Å²) in [5, 5.41) is 34.6. The third kappa shape index (κ3) is 3.28. The van der Waals surface area contributed by atoms with E-state index in [4.69, 9.17) is 0 Å². The maximum absolute atomic E-state index is 13.9. The van der Waals surface area contributed by atoms with E-state index in [1.807, 2.05) is 0 Å². The number of hydrogen-bond acceptors (Lipinski definition) is 4. The predicted octanol–water partition coefficient (Wildman–Crippen LogP) is 5.26. The monoisotopic (exact) mass is 523 g/mol. The van der Waals surface area contributed by atoms with E-state index in [0.29, 0.717) is 41.8 Å². The number of aromatic hydroxyl groups is 2. The topological polar surface area (TPSA) is 84.7 Å². The Bertz CT molecular complexity index is 1420. The van der Waals surface area contributed by atoms with Gasteiger partial charge in [0, 0.05) is 53.7 Å². The number of benzene rings is 1. The molecule has 2 aromatic heterocycles. The van der Waals surface area contributed by atoms with Crippen molar-refractivity contribution in [3.05, 3.63) is 47.2 Å². The highest BCUT2D eigenvalue weighted by Gasteiger charge is 2.72. The van der Waals surface area contributed by atoms with Gasteiger partial charge in [-0.25, -0.2) is 8.78 Å². The normalized spacial score (nSPS) is 35.7. The van der Waals surface area contributed by atoms with E-state index in [1.165, 1.54) is 16.5 Å². The highest BCUT2D eigenvalue weighted by Crippen LogP contribution is 2.71. The molecule has 6 nitrogen and oxygen atoms in total. The molecule has 202 valence electrons. The molecule has 1 saturated heterocycles. The standard InChI is InChI=1S/C30H35F2N3O3/c31-30(32)12-24(30)29(38)11-17-10-22(29)26-25(17)27(36)35(28(26)37)15-19-9-18(19)14-34-7-5-16(6-8-34)21-13-33-23-4-2-1-3-20(21)23/h1-4,13,16-19,22,24,33,36-38H,5-12,14-15H2/t17?,18-,19-,22?,24?,29?/m1/s1. The molecule has 3 heterocycles. The van der Waals surface area contributed by atoms with Crippen LogP contribution in [0.2, 0.25) is 0 Å². The molecule has 1 aliphatic heterocycles. The lowest BCUT2D eigenvalue weighted by Crippen LogP contribution is -2.38. The van der Waals surface area contributed by atoms with Crippen molar-refractivity contribution in [3.8, 4) is 11.8 Å². The first-order chi connectivity index (χ1) is 18.2. The second kappa shape index (κ2) is 7.75. The number of piperidine rings is 1. The zero-order valence-electron chi connectivity index (χ0n) is 21.4. The van der Waals surface area contributed by atoms with Gasteiger partial charge in [0.15, 0.2) is 11.8 Å². The summed E-state index contributed by atoms with van der Waals surface area (Å²) in [5.41, 5.74) is 2.38. The molecule has 38 heavy (non-hydrogen) atoms. The number of nitrogens with one attached hydrogen (secondary N) is 1. The first-order valence-corrected chi connectivity index (χ1v) is 14.3. The molecule has 3 saturated carbocycles. The fourth-order valence-corrected chi connectivity index (χ4v) is 8.57. The van der Waals surface area contributed by atoms with Gasteiger partial charge in [-0.2, -0.15) is 0 Å². The van der Waals surface area contributed by atoms with Crippen LogP contribution in [0, 0.1) is 17.8 Å². The number of aromatic amines is 1. The van der Waals surface area contributed by atoms with E-state index >= 15 is 0 Å². The van der Waals surface area contributed by atoms with E-state index in [1.54, 1.807) is 4.57 Å². The van der Waals surface area contributed by atoms with Crippen LogP contribution in [-0.2, 0) is 6.54 Å². The minimum absolute atomic E-state index is 0.0164. The van der Waals surface area contributed by atoms with Gasteiger partial charge in [0.05, 0.1) is 11.5 Å². The number of halogens is 2. The molecule has 5 aliphatic rings. The summed E-state index contributed by atoms with van der Waals surface area (Å²) in [6.45, 7) is 3.74. The fraction of sp³-hybridized carbons (Fsp3) is 0.600. The van der Waals surface area contributed by atoms with Crippen molar-refractivity contribution in [1.29, 1.82) is 0 Å². The molecule has 0 spiro atoms. The van der Waals surface area contributed by atoms with Crippen LogP contribution >= 0.6 is 0 Å². The number of nitrogens with zero attached hydrogens (tertiary/aromatic N) is 2. The quantitative estimate of drug-likeness (QED) is 0.355. The van der Waals surface area contributed by atoms with Crippen molar-refractivity contribution < 1.29 is 24.1 Å². The number of rotatable bonds is 6. The average Bonchev–Trinajstić information content (AvgIpc) is 3.51. The summed E-state index contributed by atoms with van der Waals surface area (Å²) in [6.07, 6.45) is 6.05. The molecule has 4 N–H and O–H groups in total. The van der Waals surface area contributed by atoms with Gasteiger partial charge in [-0.15, -0.1) is 0 Å². The molecule has 4 aliphatic carbocycles. The molecule has 3 aromatic rings. The highest BCUT2D eigenvalue weighted by atomic mass is 19.3. The van der Waals surface area contributed by atoms with E-state index in [0.717, 1.165) is 38.9 Å². The number of para-hydroxylation sites is 1. The van der Waals surface area contributed by atoms with Gasteiger partial charge in [0.25, 0.3) is 5.92 Å². The second-order valence-corrected chi connectivity index (χ2v) is 12.9. The van der Waals surface area contributed by atoms with Crippen LogP contribution in [0.3, 0.4) is 0 Å². The van der Waals surface area contributed by atoms with E-state index in [2.05, 4.69) is 40.3 Å². The Morgan fingerprint density at radius 2 is 1.63 bits per heavy atom. The third-order valence-electron chi connectivity index (χ3n) is 10.8. The molecule has 4 fully saturated rings. The van der Waals surface area contributed by atoms with Crippen molar-refractivity contribution in [2.24, 2.45) is 17.8 Å².